The standard InChI is InChI=1S/C20H20N8O3/c1-3-30-14-5-4-11(6-12(14)8-31-10(2)29)17-15-16(23)13(7-21)18(24)27-19(15)28-20(26-17)25-9-22/h4-6,17H,3,8H2,1-2H3,(H6,23,24,25,26,27,28). The van der Waals surface area contributed by atoms with Crippen molar-refractivity contribution in [3.05, 3.63) is 40.5 Å². The van der Waals surface area contributed by atoms with Crippen LogP contribution in [-0.2, 0) is 16.1 Å². The Morgan fingerprint density at radius 2 is 2.13 bits per heavy atom. The van der Waals surface area contributed by atoms with Gasteiger partial charge in [-0.25, -0.2) is 9.98 Å². The molecule has 0 saturated carbocycles. The molecule has 0 radical (unpaired) electrons. The Morgan fingerprint density at radius 1 is 1.35 bits per heavy atom. The molecule has 1 atom stereocenters. The first-order chi connectivity index (χ1) is 14.9. The van der Waals surface area contributed by atoms with E-state index in [0.29, 0.717) is 29.0 Å². The molecule has 11 nitrogen and oxygen atoms in total. The van der Waals surface area contributed by atoms with Crippen molar-refractivity contribution in [1.29, 1.82) is 10.5 Å². The maximum absolute atomic E-state index is 11.3. The summed E-state index contributed by atoms with van der Waals surface area (Å²) in [6.07, 6.45) is 1.80. The molecule has 6 N–H and O–H groups in total. The number of nitrogens with two attached hydrogens (primary N) is 2. The highest BCUT2D eigenvalue weighted by Crippen LogP contribution is 2.41. The van der Waals surface area contributed by atoms with Crippen molar-refractivity contribution in [2.45, 2.75) is 26.5 Å². The van der Waals surface area contributed by atoms with E-state index in [2.05, 4.69) is 20.6 Å². The van der Waals surface area contributed by atoms with Gasteiger partial charge in [0.1, 0.15) is 41.7 Å². The third-order valence-corrected chi connectivity index (χ3v) is 4.49. The average molecular weight is 420 g/mol. The third kappa shape index (κ3) is 4.26. The summed E-state index contributed by atoms with van der Waals surface area (Å²) in [6, 6.07) is 6.53. The number of nitrogens with one attached hydrogen (secondary N) is 2. The molecular formula is C20H20N8O3. The van der Waals surface area contributed by atoms with Gasteiger partial charge in [0.15, 0.2) is 6.19 Å². The molecule has 0 saturated heterocycles. The van der Waals surface area contributed by atoms with Gasteiger partial charge in [-0.3, -0.25) is 10.1 Å². The molecule has 1 aromatic heterocycles. The second kappa shape index (κ2) is 8.88. The number of carbonyl (C=O) groups excluding carboxylic acids is 1. The van der Waals surface area contributed by atoms with E-state index in [1.54, 1.807) is 24.4 Å². The quantitative estimate of drug-likeness (QED) is 0.314. The molecule has 0 bridgehead atoms. The van der Waals surface area contributed by atoms with Crippen LogP contribution in [0, 0.1) is 22.8 Å². The maximum Gasteiger partial charge on any atom is 0.302 e. The highest BCUT2D eigenvalue weighted by Gasteiger charge is 2.30. The van der Waals surface area contributed by atoms with E-state index in [1.165, 1.54) is 6.92 Å². The molecule has 1 unspecified atom stereocenters. The molecule has 11 heteroatoms. The van der Waals surface area contributed by atoms with Gasteiger partial charge in [-0.05, 0) is 24.6 Å². The lowest BCUT2D eigenvalue weighted by Gasteiger charge is -2.26. The van der Waals surface area contributed by atoms with E-state index in [1.807, 2.05) is 13.0 Å². The summed E-state index contributed by atoms with van der Waals surface area (Å²) in [5, 5.41) is 23.7. The minimum Gasteiger partial charge on any atom is -0.493 e. The number of fused-ring (bicyclic) bond motifs is 1. The molecule has 0 amide bonds. The Labute approximate surface area is 178 Å². The molecule has 31 heavy (non-hydrogen) atoms. The van der Waals surface area contributed by atoms with E-state index in [4.69, 9.17) is 26.2 Å². The van der Waals surface area contributed by atoms with Crippen molar-refractivity contribution in [2.24, 2.45) is 4.99 Å². The van der Waals surface area contributed by atoms with Gasteiger partial charge in [-0.2, -0.15) is 10.5 Å². The second-order valence-electron chi connectivity index (χ2n) is 6.48. The first-order valence-corrected chi connectivity index (χ1v) is 9.27. The number of aromatic nitrogens is 1. The summed E-state index contributed by atoms with van der Waals surface area (Å²) in [4.78, 5) is 20.0. The number of esters is 1. The zero-order valence-electron chi connectivity index (χ0n) is 16.9. The number of carbonyl (C=O) groups is 1. The number of hydrogen-bond acceptors (Lipinski definition) is 11. The Morgan fingerprint density at radius 3 is 2.77 bits per heavy atom. The van der Waals surface area contributed by atoms with Crippen molar-refractivity contribution in [1.82, 2.24) is 10.3 Å². The van der Waals surface area contributed by atoms with Crippen LogP contribution in [0.25, 0.3) is 0 Å². The number of rotatable bonds is 5. The maximum atomic E-state index is 11.3. The first-order valence-electron chi connectivity index (χ1n) is 9.27. The lowest BCUT2D eigenvalue weighted by atomic mass is 9.94. The normalized spacial score (nSPS) is 14.2. The predicted octanol–water partition coefficient (Wildman–Crippen LogP) is 1.52. The van der Waals surface area contributed by atoms with Gasteiger partial charge in [0.05, 0.1) is 12.3 Å². The van der Waals surface area contributed by atoms with E-state index in [0.717, 1.165) is 0 Å². The average Bonchev–Trinajstić information content (AvgIpc) is 2.73. The number of benzene rings is 1. The number of aliphatic imine (C=N–C) groups is 1. The number of nitrogens with zero attached hydrogens (tertiary/aromatic N) is 4. The fraction of sp³-hybridized carbons (Fsp3) is 0.250. The van der Waals surface area contributed by atoms with Crippen LogP contribution in [0.5, 0.6) is 5.75 Å². The van der Waals surface area contributed by atoms with E-state index in [-0.39, 0.29) is 35.5 Å². The van der Waals surface area contributed by atoms with E-state index in [9.17, 15) is 10.1 Å². The topological polar surface area (TPSA) is 184 Å². The summed E-state index contributed by atoms with van der Waals surface area (Å²) >= 11 is 0. The fourth-order valence-corrected chi connectivity index (χ4v) is 3.18. The van der Waals surface area contributed by atoms with Crippen molar-refractivity contribution in [3.63, 3.8) is 0 Å². The first kappa shape index (κ1) is 21.2. The minimum absolute atomic E-state index is 0.00225. The smallest absolute Gasteiger partial charge is 0.302 e. The van der Waals surface area contributed by atoms with Gasteiger partial charge in [0.25, 0.3) is 0 Å². The highest BCUT2D eigenvalue weighted by molar-refractivity contribution is 5.98. The van der Waals surface area contributed by atoms with Crippen LogP contribution in [0.3, 0.4) is 0 Å². The zero-order valence-corrected chi connectivity index (χ0v) is 16.9. The molecule has 158 valence electrons. The van der Waals surface area contributed by atoms with Crippen molar-refractivity contribution in [3.8, 4) is 18.0 Å². The molecule has 0 fully saturated rings. The number of ether oxygens (including phenoxy) is 2. The Hall–Kier alpha value is -4.51. The van der Waals surface area contributed by atoms with Crippen LogP contribution >= 0.6 is 0 Å². The predicted molar refractivity (Wildman–Crippen MR) is 113 cm³/mol. The molecule has 1 aliphatic heterocycles. The summed E-state index contributed by atoms with van der Waals surface area (Å²) in [5.41, 5.74) is 14.0. The third-order valence-electron chi connectivity index (χ3n) is 4.49. The van der Waals surface area contributed by atoms with Crippen LogP contribution in [0.1, 0.15) is 42.1 Å². The zero-order chi connectivity index (χ0) is 22.5. The van der Waals surface area contributed by atoms with E-state index < -0.39 is 12.0 Å². The lowest BCUT2D eigenvalue weighted by molar-refractivity contribution is -0.142. The van der Waals surface area contributed by atoms with Crippen LogP contribution < -0.4 is 26.8 Å². The van der Waals surface area contributed by atoms with Crippen molar-refractivity contribution >= 4 is 29.3 Å². The second-order valence-corrected chi connectivity index (χ2v) is 6.48. The molecule has 2 heterocycles. The van der Waals surface area contributed by atoms with Crippen LogP contribution in [0.2, 0.25) is 0 Å². The molecule has 1 aromatic carbocycles. The number of anilines is 3. The lowest BCUT2D eigenvalue weighted by Crippen LogP contribution is -2.32. The Balaban J connectivity index is 2.17. The van der Waals surface area contributed by atoms with Crippen molar-refractivity contribution < 1.29 is 14.3 Å². The van der Waals surface area contributed by atoms with Crippen LogP contribution in [-0.4, -0.2) is 23.5 Å². The number of nitriles is 2. The van der Waals surface area contributed by atoms with Gasteiger partial charge in [-0.15, -0.1) is 0 Å². The Kier molecular flexibility index (Phi) is 6.07. The summed E-state index contributed by atoms with van der Waals surface area (Å²) in [6.45, 7) is 3.59. The molecule has 2 aromatic rings. The van der Waals surface area contributed by atoms with Crippen LogP contribution in [0.4, 0.5) is 17.3 Å². The molecule has 1 aliphatic rings. The van der Waals surface area contributed by atoms with Gasteiger partial charge in [0, 0.05) is 18.1 Å². The summed E-state index contributed by atoms with van der Waals surface area (Å²) < 4.78 is 10.8. The number of nitrogen functional groups attached to an aromatic ring is 2. The van der Waals surface area contributed by atoms with Gasteiger partial charge < -0.3 is 26.3 Å². The van der Waals surface area contributed by atoms with Gasteiger partial charge in [-0.1, -0.05) is 6.07 Å². The Bertz CT molecular complexity index is 1150. The van der Waals surface area contributed by atoms with E-state index >= 15 is 0 Å². The fourth-order valence-electron chi connectivity index (χ4n) is 3.18. The molecular weight excluding hydrogens is 400 g/mol. The molecule has 0 aliphatic carbocycles. The molecule has 0 spiro atoms. The SMILES string of the molecule is CCOc1ccc(C2N=C(NC#N)Nc3nc(N)c(C#N)c(N)c32)cc1COC(C)=O. The summed E-state index contributed by atoms with van der Waals surface area (Å²) in [7, 11) is 0. The van der Waals surface area contributed by atoms with Gasteiger partial charge >= 0.3 is 5.97 Å². The largest absolute Gasteiger partial charge is 0.493 e. The van der Waals surface area contributed by atoms with Crippen LogP contribution in [0.15, 0.2) is 23.2 Å². The number of guanidine groups is 1. The number of pyridine rings is 1. The van der Waals surface area contributed by atoms with Crippen molar-refractivity contribution in [2.75, 3.05) is 23.4 Å². The molecule has 3 rings (SSSR count). The monoisotopic (exact) mass is 420 g/mol. The minimum atomic E-state index is -0.709. The van der Waals surface area contributed by atoms with Gasteiger partial charge in [0.2, 0.25) is 5.96 Å². The highest BCUT2D eigenvalue weighted by atomic mass is 16.5. The number of hydrogen-bond donors (Lipinski definition) is 4. The summed E-state index contributed by atoms with van der Waals surface area (Å²) in [5.74, 6) is 0.516.